The van der Waals surface area contributed by atoms with Gasteiger partial charge in [0.2, 0.25) is 0 Å². The number of rotatable bonds is 5. The number of carbonyl (C=O) groups excluding carboxylic acids is 1. The van der Waals surface area contributed by atoms with Crippen molar-refractivity contribution in [3.8, 4) is 11.5 Å². The molecular weight excluding hydrogens is 244 g/mol. The van der Waals surface area contributed by atoms with Crippen LogP contribution in [0, 0.1) is 0 Å². The van der Waals surface area contributed by atoms with E-state index in [-0.39, 0.29) is 6.03 Å². The minimum absolute atomic E-state index is 0.319. The summed E-state index contributed by atoms with van der Waals surface area (Å²) in [7, 11) is 3.10. The van der Waals surface area contributed by atoms with Gasteiger partial charge in [0, 0.05) is 36.3 Å². The maximum Gasteiger partial charge on any atom is 0.319 e. The molecule has 0 bridgehead atoms. The number of halogens is 1. The standard InChI is InChI=1S/C11H15ClN2O3/c1-16-9-5-8(6-10(7-9)17-2)14-11(15)13-4-3-12/h5-7H,3-4H2,1-2H3,(H2,13,14,15). The zero-order valence-electron chi connectivity index (χ0n) is 9.75. The third-order valence-electron chi connectivity index (χ3n) is 1.99. The van der Waals surface area contributed by atoms with E-state index in [4.69, 9.17) is 21.1 Å². The highest BCUT2D eigenvalue weighted by Crippen LogP contribution is 2.25. The lowest BCUT2D eigenvalue weighted by molar-refractivity contribution is 0.252. The van der Waals surface area contributed by atoms with Crippen molar-refractivity contribution in [3.63, 3.8) is 0 Å². The average molecular weight is 259 g/mol. The lowest BCUT2D eigenvalue weighted by Gasteiger charge is -2.10. The van der Waals surface area contributed by atoms with E-state index in [0.29, 0.717) is 29.6 Å². The molecule has 0 unspecified atom stereocenters. The molecule has 0 aliphatic carbocycles. The van der Waals surface area contributed by atoms with Crippen LogP contribution in [0.25, 0.3) is 0 Å². The third-order valence-corrected chi connectivity index (χ3v) is 2.18. The van der Waals surface area contributed by atoms with Crippen LogP contribution in [0.2, 0.25) is 0 Å². The first-order valence-corrected chi connectivity index (χ1v) is 5.57. The SMILES string of the molecule is COc1cc(NC(=O)NCCCl)cc(OC)c1. The van der Waals surface area contributed by atoms with Gasteiger partial charge in [-0.3, -0.25) is 0 Å². The Balaban J connectivity index is 2.72. The van der Waals surface area contributed by atoms with E-state index in [9.17, 15) is 4.79 Å². The number of ether oxygens (including phenoxy) is 2. The molecule has 5 nitrogen and oxygen atoms in total. The molecule has 1 rings (SSSR count). The molecule has 94 valence electrons. The number of hydrogen-bond acceptors (Lipinski definition) is 3. The van der Waals surface area contributed by atoms with Crippen molar-refractivity contribution in [1.82, 2.24) is 5.32 Å². The predicted molar refractivity (Wildman–Crippen MR) is 67.3 cm³/mol. The molecule has 2 N–H and O–H groups in total. The van der Waals surface area contributed by atoms with Crippen LogP contribution in [0.4, 0.5) is 10.5 Å². The van der Waals surface area contributed by atoms with Crippen LogP contribution in [0.5, 0.6) is 11.5 Å². The zero-order chi connectivity index (χ0) is 12.7. The summed E-state index contributed by atoms with van der Waals surface area (Å²) in [6.45, 7) is 0.411. The molecule has 2 amide bonds. The number of nitrogens with one attached hydrogen (secondary N) is 2. The van der Waals surface area contributed by atoms with E-state index in [1.165, 1.54) is 0 Å². The first-order chi connectivity index (χ1) is 8.19. The van der Waals surface area contributed by atoms with Gasteiger partial charge in [-0.05, 0) is 0 Å². The van der Waals surface area contributed by atoms with Crippen molar-refractivity contribution in [2.75, 3.05) is 32.0 Å². The molecule has 0 saturated carbocycles. The van der Waals surface area contributed by atoms with Gasteiger partial charge in [0.1, 0.15) is 11.5 Å². The Morgan fingerprint density at radius 2 is 1.82 bits per heavy atom. The number of urea groups is 1. The molecule has 0 aliphatic heterocycles. The van der Waals surface area contributed by atoms with Crippen molar-refractivity contribution in [2.45, 2.75) is 0 Å². The Kier molecular flexibility index (Phi) is 5.42. The number of alkyl halides is 1. The van der Waals surface area contributed by atoms with Crippen molar-refractivity contribution >= 4 is 23.3 Å². The first kappa shape index (κ1) is 13.4. The maximum absolute atomic E-state index is 11.4. The minimum Gasteiger partial charge on any atom is -0.497 e. The summed E-state index contributed by atoms with van der Waals surface area (Å²) in [6.07, 6.45) is 0. The number of amides is 2. The van der Waals surface area contributed by atoms with Gasteiger partial charge in [0.15, 0.2) is 0 Å². The molecule has 17 heavy (non-hydrogen) atoms. The van der Waals surface area contributed by atoms with Gasteiger partial charge in [-0.2, -0.15) is 0 Å². The molecule has 0 radical (unpaired) electrons. The largest absolute Gasteiger partial charge is 0.497 e. The normalized spacial score (nSPS) is 9.59. The predicted octanol–water partition coefficient (Wildman–Crippen LogP) is 2.06. The van der Waals surface area contributed by atoms with Crippen molar-refractivity contribution in [3.05, 3.63) is 18.2 Å². The molecule has 0 fully saturated rings. The topological polar surface area (TPSA) is 59.6 Å². The lowest BCUT2D eigenvalue weighted by Crippen LogP contribution is -2.30. The van der Waals surface area contributed by atoms with Crippen LogP contribution in [-0.2, 0) is 0 Å². The molecule has 1 aromatic carbocycles. The smallest absolute Gasteiger partial charge is 0.319 e. The molecule has 0 atom stereocenters. The van der Waals surface area contributed by atoms with Crippen molar-refractivity contribution in [2.24, 2.45) is 0 Å². The summed E-state index contributed by atoms with van der Waals surface area (Å²) in [4.78, 5) is 11.4. The van der Waals surface area contributed by atoms with Gasteiger partial charge < -0.3 is 20.1 Å². The summed E-state index contributed by atoms with van der Waals surface area (Å²) in [5, 5.41) is 5.25. The average Bonchev–Trinajstić information content (AvgIpc) is 2.35. The molecule has 1 aromatic rings. The van der Waals surface area contributed by atoms with Gasteiger partial charge in [-0.1, -0.05) is 0 Å². The fourth-order valence-corrected chi connectivity index (χ4v) is 1.31. The fraction of sp³-hybridized carbons (Fsp3) is 0.364. The van der Waals surface area contributed by atoms with Gasteiger partial charge in [-0.25, -0.2) is 4.79 Å². The summed E-state index contributed by atoms with van der Waals surface area (Å²) >= 11 is 5.46. The molecule has 6 heteroatoms. The molecule has 0 saturated heterocycles. The van der Waals surface area contributed by atoms with Gasteiger partial charge >= 0.3 is 6.03 Å². The zero-order valence-corrected chi connectivity index (χ0v) is 10.5. The molecule has 0 spiro atoms. The summed E-state index contributed by atoms with van der Waals surface area (Å²) in [5.74, 6) is 1.59. The first-order valence-electron chi connectivity index (χ1n) is 5.03. The Morgan fingerprint density at radius 1 is 1.24 bits per heavy atom. The second-order valence-electron chi connectivity index (χ2n) is 3.17. The summed E-state index contributed by atoms with van der Waals surface area (Å²) < 4.78 is 10.2. The van der Waals surface area contributed by atoms with E-state index < -0.39 is 0 Å². The van der Waals surface area contributed by atoms with Gasteiger partial charge in [0.05, 0.1) is 14.2 Å². The second-order valence-corrected chi connectivity index (χ2v) is 3.55. The molecule has 0 aliphatic rings. The monoisotopic (exact) mass is 258 g/mol. The third kappa shape index (κ3) is 4.40. The van der Waals surface area contributed by atoms with Crippen LogP contribution in [-0.4, -0.2) is 32.7 Å². The van der Waals surface area contributed by atoms with E-state index >= 15 is 0 Å². The summed E-state index contributed by atoms with van der Waals surface area (Å²) in [5.41, 5.74) is 0.591. The van der Waals surface area contributed by atoms with Crippen LogP contribution in [0.15, 0.2) is 18.2 Å². The van der Waals surface area contributed by atoms with Crippen molar-refractivity contribution < 1.29 is 14.3 Å². The number of anilines is 1. The minimum atomic E-state index is -0.319. The van der Waals surface area contributed by atoms with E-state index in [1.54, 1.807) is 32.4 Å². The molecule has 0 aromatic heterocycles. The highest BCUT2D eigenvalue weighted by Gasteiger charge is 2.05. The van der Waals surface area contributed by atoms with Crippen LogP contribution in [0.1, 0.15) is 0 Å². The maximum atomic E-state index is 11.4. The summed E-state index contributed by atoms with van der Waals surface area (Å²) in [6, 6.07) is 4.80. The highest BCUT2D eigenvalue weighted by atomic mass is 35.5. The Morgan fingerprint density at radius 3 is 2.29 bits per heavy atom. The van der Waals surface area contributed by atoms with Crippen molar-refractivity contribution in [1.29, 1.82) is 0 Å². The molecular formula is C11H15ClN2O3. The number of methoxy groups -OCH3 is 2. The fourth-order valence-electron chi connectivity index (χ4n) is 1.22. The Hall–Kier alpha value is -1.62. The number of hydrogen-bond donors (Lipinski definition) is 2. The van der Waals surface area contributed by atoms with E-state index in [1.807, 2.05) is 0 Å². The number of benzene rings is 1. The molecule has 0 heterocycles. The van der Waals surface area contributed by atoms with E-state index in [0.717, 1.165) is 0 Å². The quantitative estimate of drug-likeness (QED) is 0.795. The van der Waals surface area contributed by atoms with E-state index in [2.05, 4.69) is 10.6 Å². The highest BCUT2D eigenvalue weighted by molar-refractivity contribution is 6.18. The van der Waals surface area contributed by atoms with Gasteiger partial charge in [0.25, 0.3) is 0 Å². The van der Waals surface area contributed by atoms with Crippen LogP contribution >= 0.6 is 11.6 Å². The second kappa shape index (κ2) is 6.85. The lowest BCUT2D eigenvalue weighted by atomic mass is 10.3. The Bertz CT molecular complexity index is 363. The Labute approximate surface area is 105 Å². The van der Waals surface area contributed by atoms with Crippen LogP contribution < -0.4 is 20.1 Å². The number of carbonyl (C=O) groups is 1. The van der Waals surface area contributed by atoms with Crippen LogP contribution in [0.3, 0.4) is 0 Å². The van der Waals surface area contributed by atoms with Gasteiger partial charge in [-0.15, -0.1) is 11.6 Å².